The van der Waals surface area contributed by atoms with E-state index in [0.29, 0.717) is 11.7 Å². The average molecular weight is 383 g/mol. The van der Waals surface area contributed by atoms with Gasteiger partial charge in [-0.3, -0.25) is 9.36 Å². The minimum Gasteiger partial charge on any atom is -0.358 e. The first kappa shape index (κ1) is 19.1. The molecule has 0 radical (unpaired) electrons. The van der Waals surface area contributed by atoms with Crippen molar-refractivity contribution in [1.29, 1.82) is 0 Å². The van der Waals surface area contributed by atoms with Crippen molar-refractivity contribution >= 4 is 23.0 Å². The third kappa shape index (κ3) is 4.54. The first-order valence-electron chi connectivity index (χ1n) is 8.97. The van der Waals surface area contributed by atoms with Crippen LogP contribution in [-0.4, -0.2) is 24.7 Å². The molecule has 0 bridgehead atoms. The summed E-state index contributed by atoms with van der Waals surface area (Å²) in [6.45, 7) is 9.52. The number of rotatable bonds is 5. The third-order valence-electron chi connectivity index (χ3n) is 4.63. The second-order valence-electron chi connectivity index (χ2n) is 6.91. The molecule has 6 nitrogen and oxygen atoms in total. The van der Waals surface area contributed by atoms with Gasteiger partial charge in [0.25, 0.3) is 0 Å². The number of nitrogens with zero attached hydrogens (tertiary/aromatic N) is 4. The van der Waals surface area contributed by atoms with Crippen LogP contribution in [0.5, 0.6) is 0 Å². The first-order valence-corrected chi connectivity index (χ1v) is 9.38. The van der Waals surface area contributed by atoms with E-state index in [-0.39, 0.29) is 0 Å². The molecule has 0 aliphatic rings. The van der Waals surface area contributed by atoms with Crippen LogP contribution in [0.1, 0.15) is 33.8 Å². The molecule has 7 heteroatoms. The van der Waals surface area contributed by atoms with Gasteiger partial charge in [0.2, 0.25) is 0 Å². The van der Waals surface area contributed by atoms with Crippen LogP contribution < -0.4 is 10.6 Å². The normalized spacial score (nSPS) is 10.9. The molecule has 1 aromatic carbocycles. The van der Waals surface area contributed by atoms with Gasteiger partial charge in [-0.15, -0.1) is 0 Å². The Hall–Kier alpha value is -2.67. The summed E-state index contributed by atoms with van der Waals surface area (Å²) in [6, 6.07) is 8.53. The van der Waals surface area contributed by atoms with Crippen molar-refractivity contribution in [3.63, 3.8) is 0 Å². The fourth-order valence-corrected chi connectivity index (χ4v) is 3.23. The van der Waals surface area contributed by atoms with Crippen molar-refractivity contribution in [3.8, 4) is 0 Å². The number of thiocarbonyl (C=S) groups is 1. The lowest BCUT2D eigenvalue weighted by molar-refractivity contribution is 0.659. The van der Waals surface area contributed by atoms with Crippen LogP contribution in [-0.2, 0) is 20.1 Å². The van der Waals surface area contributed by atoms with Crippen LogP contribution in [0.25, 0.3) is 0 Å². The lowest BCUT2D eigenvalue weighted by Crippen LogP contribution is -2.28. The van der Waals surface area contributed by atoms with Crippen molar-refractivity contribution in [2.45, 2.75) is 40.8 Å². The lowest BCUT2D eigenvalue weighted by Gasteiger charge is -2.11. The fourth-order valence-electron chi connectivity index (χ4n) is 3.05. The van der Waals surface area contributed by atoms with Gasteiger partial charge in [-0.1, -0.05) is 29.8 Å². The summed E-state index contributed by atoms with van der Waals surface area (Å²) < 4.78 is 3.82. The SMILES string of the molecule is Cc1ccc(Cn2nc(C)c(NC(=S)NCc3cn(C)nc3C)c2C)cc1. The highest BCUT2D eigenvalue weighted by atomic mass is 32.1. The summed E-state index contributed by atoms with van der Waals surface area (Å²) in [5.74, 6) is 0. The molecule has 0 saturated carbocycles. The largest absolute Gasteiger partial charge is 0.358 e. The molecule has 0 amide bonds. The van der Waals surface area contributed by atoms with E-state index in [9.17, 15) is 0 Å². The predicted octanol–water partition coefficient (Wildman–Crippen LogP) is 3.39. The van der Waals surface area contributed by atoms with Crippen LogP contribution in [0, 0.1) is 27.7 Å². The van der Waals surface area contributed by atoms with Gasteiger partial charge in [0.05, 0.1) is 29.3 Å². The molecular weight excluding hydrogens is 356 g/mol. The molecule has 0 atom stereocenters. The maximum atomic E-state index is 5.47. The van der Waals surface area contributed by atoms with E-state index in [2.05, 4.69) is 58.9 Å². The number of hydrogen-bond acceptors (Lipinski definition) is 3. The van der Waals surface area contributed by atoms with Crippen molar-refractivity contribution < 1.29 is 0 Å². The molecular formula is C20H26N6S. The monoisotopic (exact) mass is 382 g/mol. The summed E-state index contributed by atoms with van der Waals surface area (Å²) in [5, 5.41) is 16.2. The Morgan fingerprint density at radius 3 is 2.37 bits per heavy atom. The molecule has 142 valence electrons. The molecule has 0 unspecified atom stereocenters. The number of anilines is 1. The Kier molecular flexibility index (Phi) is 5.60. The molecule has 27 heavy (non-hydrogen) atoms. The Bertz CT molecular complexity index is 952. The van der Waals surface area contributed by atoms with Crippen LogP contribution in [0.3, 0.4) is 0 Å². The van der Waals surface area contributed by atoms with E-state index in [1.807, 2.05) is 36.5 Å². The van der Waals surface area contributed by atoms with E-state index in [0.717, 1.165) is 34.9 Å². The van der Waals surface area contributed by atoms with Gasteiger partial charge >= 0.3 is 0 Å². The molecule has 0 spiro atoms. The smallest absolute Gasteiger partial charge is 0.171 e. The molecule has 2 heterocycles. The Balaban J connectivity index is 1.66. The van der Waals surface area contributed by atoms with Gasteiger partial charge in [0.1, 0.15) is 0 Å². The molecule has 3 rings (SSSR count). The minimum atomic E-state index is 0.583. The lowest BCUT2D eigenvalue weighted by atomic mass is 10.1. The van der Waals surface area contributed by atoms with Crippen LogP contribution in [0.4, 0.5) is 5.69 Å². The Morgan fingerprint density at radius 2 is 1.74 bits per heavy atom. The molecule has 0 fully saturated rings. The minimum absolute atomic E-state index is 0.583. The first-order chi connectivity index (χ1) is 12.8. The standard InChI is InChI=1S/C20H26N6S/c1-13-6-8-17(9-7-13)11-26-16(4)19(15(3)24-26)22-20(27)21-10-18-12-25(5)23-14(18)2/h6-9,12H,10-11H2,1-5H3,(H2,21,22,27). The number of aryl methyl sites for hydroxylation is 4. The quantitative estimate of drug-likeness (QED) is 0.663. The number of nitrogens with one attached hydrogen (secondary N) is 2. The maximum Gasteiger partial charge on any atom is 0.171 e. The highest BCUT2D eigenvalue weighted by Crippen LogP contribution is 2.20. The van der Waals surface area contributed by atoms with Gasteiger partial charge in [-0.05, 0) is 45.5 Å². The number of hydrogen-bond donors (Lipinski definition) is 2. The van der Waals surface area contributed by atoms with Crippen molar-refractivity contribution in [2.24, 2.45) is 7.05 Å². The van der Waals surface area contributed by atoms with Gasteiger partial charge in [-0.25, -0.2) is 0 Å². The molecule has 0 aliphatic heterocycles. The number of benzene rings is 1. The van der Waals surface area contributed by atoms with Crippen LogP contribution >= 0.6 is 12.2 Å². The second-order valence-corrected chi connectivity index (χ2v) is 7.32. The van der Waals surface area contributed by atoms with Gasteiger partial charge < -0.3 is 10.6 Å². The third-order valence-corrected chi connectivity index (χ3v) is 4.87. The molecule has 3 aromatic rings. The topological polar surface area (TPSA) is 59.7 Å². The molecule has 0 saturated heterocycles. The maximum absolute atomic E-state index is 5.47. The Labute approximate surface area is 165 Å². The summed E-state index contributed by atoms with van der Waals surface area (Å²) in [7, 11) is 1.92. The Morgan fingerprint density at radius 1 is 1.04 bits per heavy atom. The van der Waals surface area contributed by atoms with Crippen molar-refractivity contribution in [3.05, 3.63) is 64.2 Å². The van der Waals surface area contributed by atoms with E-state index >= 15 is 0 Å². The predicted molar refractivity (Wildman–Crippen MR) is 113 cm³/mol. The van der Waals surface area contributed by atoms with Crippen LogP contribution in [0.2, 0.25) is 0 Å². The summed E-state index contributed by atoms with van der Waals surface area (Å²) in [5.41, 5.74) is 7.58. The molecule has 2 N–H and O–H groups in total. The highest BCUT2D eigenvalue weighted by molar-refractivity contribution is 7.80. The fraction of sp³-hybridized carbons (Fsp3) is 0.350. The van der Waals surface area contributed by atoms with Gasteiger partial charge in [0.15, 0.2) is 5.11 Å². The zero-order valence-electron chi connectivity index (χ0n) is 16.5. The van der Waals surface area contributed by atoms with Gasteiger partial charge in [-0.2, -0.15) is 10.2 Å². The average Bonchev–Trinajstić information content (AvgIpc) is 3.07. The van der Waals surface area contributed by atoms with E-state index < -0.39 is 0 Å². The van der Waals surface area contributed by atoms with Crippen molar-refractivity contribution in [1.82, 2.24) is 24.9 Å². The molecule has 2 aromatic heterocycles. The highest BCUT2D eigenvalue weighted by Gasteiger charge is 2.13. The van der Waals surface area contributed by atoms with E-state index in [4.69, 9.17) is 12.2 Å². The zero-order valence-corrected chi connectivity index (χ0v) is 17.3. The van der Waals surface area contributed by atoms with Crippen LogP contribution in [0.15, 0.2) is 30.5 Å². The van der Waals surface area contributed by atoms with E-state index in [1.165, 1.54) is 11.1 Å². The van der Waals surface area contributed by atoms with E-state index in [1.54, 1.807) is 0 Å². The second kappa shape index (κ2) is 7.92. The van der Waals surface area contributed by atoms with Crippen molar-refractivity contribution in [2.75, 3.05) is 5.32 Å². The zero-order chi connectivity index (χ0) is 19.6. The molecule has 0 aliphatic carbocycles. The summed E-state index contributed by atoms with van der Waals surface area (Å²) >= 11 is 5.47. The summed E-state index contributed by atoms with van der Waals surface area (Å²) in [4.78, 5) is 0. The van der Waals surface area contributed by atoms with Gasteiger partial charge in [0, 0.05) is 25.4 Å². The summed E-state index contributed by atoms with van der Waals surface area (Å²) in [6.07, 6.45) is 2.00. The number of aromatic nitrogens is 4.